The van der Waals surface area contributed by atoms with Gasteiger partial charge in [-0.15, -0.1) is 0 Å². The van der Waals surface area contributed by atoms with Crippen LogP contribution in [0.4, 0.5) is 8.78 Å². The molecule has 2 aromatic rings. The number of hydrogen-bond donors (Lipinski definition) is 1. The highest BCUT2D eigenvalue weighted by Crippen LogP contribution is 2.25. The molecule has 1 N–H and O–H groups in total. The average molecular weight is 279 g/mol. The van der Waals surface area contributed by atoms with Crippen LogP contribution in [0.2, 0.25) is 0 Å². The molecule has 1 heterocycles. The summed E-state index contributed by atoms with van der Waals surface area (Å²) in [5, 5.41) is 3.31. The number of aryl methyl sites for hydroxylation is 1. The summed E-state index contributed by atoms with van der Waals surface area (Å²) < 4.78 is 32.5. The van der Waals surface area contributed by atoms with Gasteiger partial charge in [-0.3, -0.25) is 0 Å². The van der Waals surface area contributed by atoms with Crippen LogP contribution < -0.4 is 5.32 Å². The first-order valence-corrected chi connectivity index (χ1v) is 6.89. The van der Waals surface area contributed by atoms with Gasteiger partial charge in [0, 0.05) is 18.0 Å². The van der Waals surface area contributed by atoms with Crippen molar-refractivity contribution in [3.05, 3.63) is 59.1 Å². The Balaban J connectivity index is 2.27. The second-order valence-corrected chi connectivity index (χ2v) is 4.70. The van der Waals surface area contributed by atoms with E-state index in [1.807, 2.05) is 19.9 Å². The average Bonchev–Trinajstić information content (AvgIpc) is 2.90. The van der Waals surface area contributed by atoms with Gasteiger partial charge in [0.25, 0.3) is 0 Å². The van der Waals surface area contributed by atoms with Crippen molar-refractivity contribution in [1.29, 1.82) is 0 Å². The van der Waals surface area contributed by atoms with Crippen molar-refractivity contribution < 1.29 is 13.2 Å². The molecule has 0 radical (unpaired) electrons. The zero-order valence-electron chi connectivity index (χ0n) is 11.7. The summed E-state index contributed by atoms with van der Waals surface area (Å²) in [6.45, 7) is 4.74. The number of halogens is 2. The van der Waals surface area contributed by atoms with Crippen LogP contribution in [0.25, 0.3) is 0 Å². The van der Waals surface area contributed by atoms with Crippen LogP contribution in [0.1, 0.15) is 36.8 Å². The summed E-state index contributed by atoms with van der Waals surface area (Å²) in [7, 11) is 0. The summed E-state index contributed by atoms with van der Waals surface area (Å²) in [6.07, 6.45) is 2.81. The van der Waals surface area contributed by atoms with Crippen LogP contribution in [0, 0.1) is 11.6 Å². The van der Waals surface area contributed by atoms with E-state index in [4.69, 9.17) is 4.42 Å². The number of furan rings is 1. The Morgan fingerprint density at radius 1 is 1.20 bits per heavy atom. The lowest BCUT2D eigenvalue weighted by Crippen LogP contribution is -2.24. The molecule has 2 rings (SSSR count). The molecule has 0 bridgehead atoms. The molecule has 0 spiro atoms. The van der Waals surface area contributed by atoms with Crippen molar-refractivity contribution in [2.75, 3.05) is 6.54 Å². The number of nitrogens with one attached hydrogen (secondary N) is 1. The highest BCUT2D eigenvalue weighted by atomic mass is 19.1. The minimum Gasteiger partial charge on any atom is -0.469 e. The fourth-order valence-corrected chi connectivity index (χ4v) is 2.41. The predicted molar refractivity (Wildman–Crippen MR) is 74.6 cm³/mol. The Morgan fingerprint density at radius 2 is 2.00 bits per heavy atom. The maximum atomic E-state index is 13.8. The van der Waals surface area contributed by atoms with Crippen molar-refractivity contribution in [2.45, 2.75) is 32.7 Å². The number of rotatable bonds is 6. The maximum absolute atomic E-state index is 13.8. The second kappa shape index (κ2) is 6.66. The zero-order valence-corrected chi connectivity index (χ0v) is 11.7. The molecule has 0 aliphatic heterocycles. The largest absolute Gasteiger partial charge is 0.469 e. The summed E-state index contributed by atoms with van der Waals surface area (Å²) in [4.78, 5) is 0. The van der Waals surface area contributed by atoms with E-state index in [9.17, 15) is 8.78 Å². The highest BCUT2D eigenvalue weighted by molar-refractivity contribution is 5.26. The smallest absolute Gasteiger partial charge is 0.126 e. The highest BCUT2D eigenvalue weighted by Gasteiger charge is 2.18. The van der Waals surface area contributed by atoms with Gasteiger partial charge < -0.3 is 9.73 Å². The van der Waals surface area contributed by atoms with Crippen LogP contribution in [0.15, 0.2) is 34.9 Å². The van der Waals surface area contributed by atoms with Crippen molar-refractivity contribution in [2.24, 2.45) is 0 Å². The third kappa shape index (κ3) is 3.25. The standard InChI is InChI=1S/C16H19F2NO/c1-3-16-13(7-8-20-16)15(19-4-2)10-11-9-12(17)5-6-14(11)18/h5-9,15,19H,3-4,10H2,1-2H3. The molecule has 1 atom stereocenters. The molecule has 0 saturated heterocycles. The maximum Gasteiger partial charge on any atom is 0.126 e. The lowest BCUT2D eigenvalue weighted by molar-refractivity contribution is 0.481. The van der Waals surface area contributed by atoms with Crippen LogP contribution in [-0.2, 0) is 12.8 Å². The summed E-state index contributed by atoms with van der Waals surface area (Å²) >= 11 is 0. The molecule has 0 aliphatic carbocycles. The second-order valence-electron chi connectivity index (χ2n) is 4.70. The quantitative estimate of drug-likeness (QED) is 0.864. The number of likely N-dealkylation sites (N-methyl/N-ethyl adjacent to an activating group) is 1. The molecule has 1 aromatic heterocycles. The lowest BCUT2D eigenvalue weighted by atomic mass is 9.98. The van der Waals surface area contributed by atoms with Gasteiger partial charge in [0.2, 0.25) is 0 Å². The Kier molecular flexibility index (Phi) is 4.90. The Bertz CT molecular complexity index is 565. The van der Waals surface area contributed by atoms with Gasteiger partial charge >= 0.3 is 0 Å². The molecule has 2 nitrogen and oxygen atoms in total. The van der Waals surface area contributed by atoms with E-state index in [1.165, 1.54) is 12.1 Å². The fourth-order valence-electron chi connectivity index (χ4n) is 2.41. The Hall–Kier alpha value is -1.68. The van der Waals surface area contributed by atoms with E-state index >= 15 is 0 Å². The van der Waals surface area contributed by atoms with E-state index in [0.717, 1.165) is 30.4 Å². The number of benzene rings is 1. The van der Waals surface area contributed by atoms with E-state index < -0.39 is 5.82 Å². The zero-order chi connectivity index (χ0) is 14.5. The van der Waals surface area contributed by atoms with Crippen LogP contribution in [0.5, 0.6) is 0 Å². The van der Waals surface area contributed by atoms with Gasteiger partial charge in [0.05, 0.1) is 6.26 Å². The first-order chi connectivity index (χ1) is 9.65. The first kappa shape index (κ1) is 14.7. The third-order valence-electron chi connectivity index (χ3n) is 3.36. The van der Waals surface area contributed by atoms with Gasteiger partial charge in [-0.25, -0.2) is 8.78 Å². The topological polar surface area (TPSA) is 25.2 Å². The molecule has 108 valence electrons. The Morgan fingerprint density at radius 3 is 2.70 bits per heavy atom. The van der Waals surface area contributed by atoms with E-state index in [0.29, 0.717) is 12.0 Å². The molecule has 0 aliphatic rings. The fraction of sp³-hybridized carbons (Fsp3) is 0.375. The molecule has 1 unspecified atom stereocenters. The number of hydrogen-bond acceptors (Lipinski definition) is 2. The monoisotopic (exact) mass is 279 g/mol. The summed E-state index contributed by atoms with van der Waals surface area (Å²) in [5.41, 5.74) is 1.39. The van der Waals surface area contributed by atoms with E-state index in [2.05, 4.69) is 5.32 Å². The van der Waals surface area contributed by atoms with Crippen LogP contribution >= 0.6 is 0 Å². The minimum atomic E-state index is -0.417. The molecule has 1 aromatic carbocycles. The normalized spacial score (nSPS) is 12.6. The van der Waals surface area contributed by atoms with Crippen molar-refractivity contribution in [3.8, 4) is 0 Å². The molecule has 20 heavy (non-hydrogen) atoms. The SMILES string of the molecule is CCNC(Cc1cc(F)ccc1F)c1ccoc1CC. The molecule has 0 fully saturated rings. The van der Waals surface area contributed by atoms with Crippen molar-refractivity contribution in [3.63, 3.8) is 0 Å². The van der Waals surface area contributed by atoms with E-state index in [-0.39, 0.29) is 11.9 Å². The summed E-state index contributed by atoms with van der Waals surface area (Å²) in [5.74, 6) is 0.0863. The van der Waals surface area contributed by atoms with Gasteiger partial charge in [-0.05, 0) is 42.8 Å². The Labute approximate surface area is 117 Å². The summed E-state index contributed by atoms with van der Waals surface area (Å²) in [6, 6.07) is 5.37. The van der Waals surface area contributed by atoms with Gasteiger partial charge in [0.1, 0.15) is 17.4 Å². The van der Waals surface area contributed by atoms with Gasteiger partial charge in [0.15, 0.2) is 0 Å². The van der Waals surface area contributed by atoms with Crippen LogP contribution in [-0.4, -0.2) is 6.54 Å². The van der Waals surface area contributed by atoms with E-state index in [1.54, 1.807) is 6.26 Å². The van der Waals surface area contributed by atoms with Crippen molar-refractivity contribution in [1.82, 2.24) is 5.32 Å². The van der Waals surface area contributed by atoms with Gasteiger partial charge in [-0.1, -0.05) is 13.8 Å². The van der Waals surface area contributed by atoms with Crippen molar-refractivity contribution >= 4 is 0 Å². The van der Waals surface area contributed by atoms with Gasteiger partial charge in [-0.2, -0.15) is 0 Å². The van der Waals surface area contributed by atoms with Crippen LogP contribution in [0.3, 0.4) is 0 Å². The lowest BCUT2D eigenvalue weighted by Gasteiger charge is -2.18. The third-order valence-corrected chi connectivity index (χ3v) is 3.36. The molecule has 0 saturated carbocycles. The minimum absolute atomic E-state index is 0.0787. The molecule has 0 amide bonds. The molecular weight excluding hydrogens is 260 g/mol. The molecule has 4 heteroatoms. The molecular formula is C16H19F2NO. The predicted octanol–water partition coefficient (Wildman–Crippen LogP) is 4.01. The first-order valence-electron chi connectivity index (χ1n) is 6.89.